The lowest BCUT2D eigenvalue weighted by Crippen LogP contribution is -2.33. The van der Waals surface area contributed by atoms with Gasteiger partial charge in [0.1, 0.15) is 0 Å². The van der Waals surface area contributed by atoms with Crippen LogP contribution in [-0.2, 0) is 9.53 Å². The number of azide groups is 1. The zero-order valence-electron chi connectivity index (χ0n) is 16.9. The third-order valence-electron chi connectivity index (χ3n) is 4.67. The van der Waals surface area contributed by atoms with Crippen molar-refractivity contribution in [1.29, 1.82) is 0 Å². The standard InChI is InChI=1S/C20H39N3O3/c1-3-5-6-7-8-9-10-11-12-13-14-15-16-17-18(24)19(22-23-21)20(25)26-4-2/h18-19,24H,3-17H2,1-2H3/t18-,19-/m1/s1. The zero-order valence-corrected chi connectivity index (χ0v) is 16.9. The highest BCUT2D eigenvalue weighted by Crippen LogP contribution is 2.15. The van der Waals surface area contributed by atoms with E-state index in [0.717, 1.165) is 19.3 Å². The Hall–Kier alpha value is -1.26. The fourth-order valence-electron chi connectivity index (χ4n) is 3.09. The van der Waals surface area contributed by atoms with E-state index in [1.54, 1.807) is 6.92 Å². The predicted molar refractivity (Wildman–Crippen MR) is 106 cm³/mol. The smallest absolute Gasteiger partial charge is 0.317 e. The molecule has 26 heavy (non-hydrogen) atoms. The highest BCUT2D eigenvalue weighted by atomic mass is 16.5. The SMILES string of the molecule is CCCCCCCCCCCCCCC[C@@H](O)[C@@H](N=[N+]=[N-])C(=O)OCC. The molecule has 6 heteroatoms. The van der Waals surface area contributed by atoms with Gasteiger partial charge in [0.25, 0.3) is 0 Å². The molecule has 0 fully saturated rings. The fourth-order valence-corrected chi connectivity index (χ4v) is 3.09. The number of ether oxygens (including phenoxy) is 1. The third-order valence-corrected chi connectivity index (χ3v) is 4.67. The van der Waals surface area contributed by atoms with Crippen LogP contribution in [0.15, 0.2) is 5.11 Å². The average Bonchev–Trinajstić information content (AvgIpc) is 2.63. The van der Waals surface area contributed by atoms with Gasteiger partial charge in [-0.05, 0) is 18.9 Å². The van der Waals surface area contributed by atoms with Gasteiger partial charge in [-0.2, -0.15) is 0 Å². The second-order valence-electron chi connectivity index (χ2n) is 7.00. The van der Waals surface area contributed by atoms with Crippen molar-refractivity contribution < 1.29 is 14.6 Å². The number of hydrogen-bond acceptors (Lipinski definition) is 4. The number of hydrogen-bond donors (Lipinski definition) is 1. The summed E-state index contributed by atoms with van der Waals surface area (Å²) in [5.41, 5.74) is 8.53. The van der Waals surface area contributed by atoms with Crippen LogP contribution < -0.4 is 0 Å². The van der Waals surface area contributed by atoms with Crippen LogP contribution >= 0.6 is 0 Å². The van der Waals surface area contributed by atoms with Crippen LogP contribution in [0.2, 0.25) is 0 Å². The molecule has 1 N–H and O–H groups in total. The van der Waals surface area contributed by atoms with E-state index >= 15 is 0 Å². The number of rotatable bonds is 18. The lowest BCUT2D eigenvalue weighted by atomic mass is 10.0. The monoisotopic (exact) mass is 369 g/mol. The molecule has 0 aromatic heterocycles. The van der Waals surface area contributed by atoms with E-state index in [0.29, 0.717) is 6.42 Å². The molecule has 0 bridgehead atoms. The van der Waals surface area contributed by atoms with Crippen molar-refractivity contribution in [1.82, 2.24) is 0 Å². The van der Waals surface area contributed by atoms with Crippen LogP contribution in [0.25, 0.3) is 10.4 Å². The van der Waals surface area contributed by atoms with E-state index < -0.39 is 18.1 Å². The Balaban J connectivity index is 3.58. The fraction of sp³-hybridized carbons (Fsp3) is 0.950. The molecule has 0 saturated carbocycles. The zero-order chi connectivity index (χ0) is 19.5. The van der Waals surface area contributed by atoms with E-state index in [1.165, 1.54) is 64.2 Å². The number of unbranched alkanes of at least 4 members (excludes halogenated alkanes) is 12. The second-order valence-corrected chi connectivity index (χ2v) is 7.00. The lowest BCUT2D eigenvalue weighted by molar-refractivity contribution is -0.147. The van der Waals surface area contributed by atoms with E-state index in [4.69, 9.17) is 10.3 Å². The molecule has 0 heterocycles. The molecular formula is C20H39N3O3. The Kier molecular flexibility index (Phi) is 17.6. The topological polar surface area (TPSA) is 95.3 Å². The summed E-state index contributed by atoms with van der Waals surface area (Å²) >= 11 is 0. The molecule has 6 nitrogen and oxygen atoms in total. The molecule has 2 atom stereocenters. The Morgan fingerprint density at radius 3 is 1.81 bits per heavy atom. The summed E-state index contributed by atoms with van der Waals surface area (Å²) in [6.07, 6.45) is 15.9. The number of esters is 1. The molecule has 0 aromatic carbocycles. The van der Waals surface area contributed by atoms with Crippen LogP contribution in [0.3, 0.4) is 0 Å². The van der Waals surface area contributed by atoms with Crippen molar-refractivity contribution >= 4 is 5.97 Å². The molecule has 0 unspecified atom stereocenters. The van der Waals surface area contributed by atoms with Crippen LogP contribution in [0.4, 0.5) is 0 Å². The largest absolute Gasteiger partial charge is 0.466 e. The molecule has 0 aliphatic heterocycles. The normalized spacial score (nSPS) is 13.0. The third kappa shape index (κ3) is 14.0. The van der Waals surface area contributed by atoms with E-state index in [-0.39, 0.29) is 6.61 Å². The Morgan fingerprint density at radius 1 is 0.923 bits per heavy atom. The van der Waals surface area contributed by atoms with E-state index in [9.17, 15) is 9.90 Å². The summed E-state index contributed by atoms with van der Waals surface area (Å²) in [6, 6.07) is -1.13. The number of carbonyl (C=O) groups excluding carboxylic acids is 1. The molecule has 0 aliphatic rings. The summed E-state index contributed by atoms with van der Waals surface area (Å²) in [7, 11) is 0. The molecule has 0 amide bonds. The molecule has 152 valence electrons. The first-order valence-corrected chi connectivity index (χ1v) is 10.6. The predicted octanol–water partition coefficient (Wildman–Crippen LogP) is 6.07. The van der Waals surface area contributed by atoms with Crippen LogP contribution in [-0.4, -0.2) is 29.8 Å². The summed E-state index contributed by atoms with van der Waals surface area (Å²) in [5, 5.41) is 13.4. The van der Waals surface area contributed by atoms with Crippen molar-refractivity contribution in [3.63, 3.8) is 0 Å². The molecule has 0 aliphatic carbocycles. The summed E-state index contributed by atoms with van der Waals surface area (Å²) in [6.45, 7) is 4.14. The van der Waals surface area contributed by atoms with E-state index in [2.05, 4.69) is 16.9 Å². The maximum absolute atomic E-state index is 11.7. The van der Waals surface area contributed by atoms with Gasteiger partial charge in [0.15, 0.2) is 6.04 Å². The number of aliphatic hydroxyl groups is 1. The minimum absolute atomic E-state index is 0.210. The summed E-state index contributed by atoms with van der Waals surface area (Å²) in [5.74, 6) is -0.646. The highest BCUT2D eigenvalue weighted by molar-refractivity contribution is 5.76. The first-order valence-electron chi connectivity index (χ1n) is 10.6. The molecule has 0 saturated heterocycles. The van der Waals surface area contributed by atoms with Crippen LogP contribution in [0.1, 0.15) is 104 Å². The van der Waals surface area contributed by atoms with Gasteiger partial charge < -0.3 is 9.84 Å². The van der Waals surface area contributed by atoms with Crippen molar-refractivity contribution in [2.75, 3.05) is 6.61 Å². The van der Waals surface area contributed by atoms with Gasteiger partial charge in [-0.15, -0.1) is 0 Å². The molecule has 0 rings (SSSR count). The maximum atomic E-state index is 11.7. The number of aliphatic hydroxyl groups excluding tert-OH is 1. The van der Waals surface area contributed by atoms with Crippen molar-refractivity contribution in [2.45, 2.75) is 116 Å². The lowest BCUT2D eigenvalue weighted by Gasteiger charge is -2.16. The van der Waals surface area contributed by atoms with Gasteiger partial charge >= 0.3 is 5.97 Å². The molecule has 0 radical (unpaired) electrons. The average molecular weight is 370 g/mol. The molecule has 0 aromatic rings. The van der Waals surface area contributed by atoms with Gasteiger partial charge in [0, 0.05) is 4.91 Å². The molecule has 0 spiro atoms. The van der Waals surface area contributed by atoms with Crippen LogP contribution in [0.5, 0.6) is 0 Å². The Labute approximate surface area is 159 Å². The highest BCUT2D eigenvalue weighted by Gasteiger charge is 2.26. The Morgan fingerprint density at radius 2 is 1.38 bits per heavy atom. The maximum Gasteiger partial charge on any atom is 0.317 e. The minimum Gasteiger partial charge on any atom is -0.466 e. The Bertz CT molecular complexity index is 384. The number of carbonyl (C=O) groups is 1. The number of nitrogens with zero attached hydrogens (tertiary/aromatic N) is 3. The van der Waals surface area contributed by atoms with Crippen molar-refractivity contribution in [2.24, 2.45) is 5.11 Å². The van der Waals surface area contributed by atoms with Crippen molar-refractivity contribution in [3.05, 3.63) is 10.4 Å². The van der Waals surface area contributed by atoms with Gasteiger partial charge in [0.2, 0.25) is 0 Å². The van der Waals surface area contributed by atoms with Gasteiger partial charge in [-0.1, -0.05) is 95.5 Å². The van der Waals surface area contributed by atoms with Gasteiger partial charge in [-0.25, -0.2) is 0 Å². The van der Waals surface area contributed by atoms with Crippen LogP contribution in [0, 0.1) is 0 Å². The van der Waals surface area contributed by atoms with E-state index in [1.807, 2.05) is 0 Å². The van der Waals surface area contributed by atoms with Crippen molar-refractivity contribution in [3.8, 4) is 0 Å². The first-order chi connectivity index (χ1) is 12.7. The molecular weight excluding hydrogens is 330 g/mol. The second kappa shape index (κ2) is 18.5. The summed E-state index contributed by atoms with van der Waals surface area (Å²) in [4.78, 5) is 14.3. The van der Waals surface area contributed by atoms with Gasteiger partial charge in [0.05, 0.1) is 12.7 Å². The van der Waals surface area contributed by atoms with Gasteiger partial charge in [-0.3, -0.25) is 4.79 Å². The quantitative estimate of drug-likeness (QED) is 0.104. The minimum atomic E-state index is -1.13. The first kappa shape index (κ1) is 24.7. The summed E-state index contributed by atoms with van der Waals surface area (Å²) < 4.78 is 4.83.